The predicted molar refractivity (Wildman–Crippen MR) is 256 cm³/mol. The molecule has 0 aliphatic carbocycles. The molecule has 60 heavy (non-hydrogen) atoms. The summed E-state index contributed by atoms with van der Waals surface area (Å²) in [5.74, 6) is -0.893. The van der Waals surface area contributed by atoms with Gasteiger partial charge < -0.3 is 14.2 Å². The first kappa shape index (κ1) is 57.1. The van der Waals surface area contributed by atoms with Gasteiger partial charge in [-0.25, -0.2) is 0 Å². The van der Waals surface area contributed by atoms with Gasteiger partial charge in [0.25, 0.3) is 0 Å². The number of rotatable bonds is 45. The molecular formula is C54H94O6. The van der Waals surface area contributed by atoms with Crippen LogP contribution in [0.1, 0.15) is 245 Å². The van der Waals surface area contributed by atoms with Crippen LogP contribution in [0.25, 0.3) is 0 Å². The van der Waals surface area contributed by atoms with Gasteiger partial charge in [0, 0.05) is 19.3 Å². The largest absolute Gasteiger partial charge is 0.462 e. The monoisotopic (exact) mass is 839 g/mol. The molecule has 1 atom stereocenters. The number of carbonyl (C=O) groups is 3. The second kappa shape index (κ2) is 48.8. The Kier molecular flexibility index (Phi) is 46.4. The Hall–Kier alpha value is -2.89. The molecule has 0 rings (SSSR count). The van der Waals surface area contributed by atoms with Crippen molar-refractivity contribution in [3.05, 3.63) is 60.8 Å². The summed E-state index contributed by atoms with van der Waals surface area (Å²) in [5.41, 5.74) is 0. The van der Waals surface area contributed by atoms with Crippen molar-refractivity contribution >= 4 is 17.9 Å². The zero-order valence-electron chi connectivity index (χ0n) is 39.5. The SMILES string of the molecule is CC/C=C\C/C=C\C/C=C\C/C=C\C/C=C\CCCCCCCCCC(=O)OCC(COC(=O)CCCCCCCC)OC(=O)CCCCCCCCCCCCCCC. The molecule has 0 aliphatic heterocycles. The summed E-state index contributed by atoms with van der Waals surface area (Å²) in [6.45, 7) is 6.46. The molecule has 0 radical (unpaired) electrons. The lowest BCUT2D eigenvalue weighted by Gasteiger charge is -2.18. The normalized spacial score (nSPS) is 12.5. The first-order valence-corrected chi connectivity index (χ1v) is 25.3. The third kappa shape index (κ3) is 46.2. The van der Waals surface area contributed by atoms with Crippen LogP contribution in [0.4, 0.5) is 0 Å². The van der Waals surface area contributed by atoms with Crippen LogP contribution in [-0.4, -0.2) is 37.2 Å². The zero-order chi connectivity index (χ0) is 43.7. The third-order valence-corrected chi connectivity index (χ3v) is 10.8. The Morgan fingerprint density at radius 2 is 0.650 bits per heavy atom. The first-order chi connectivity index (χ1) is 29.5. The van der Waals surface area contributed by atoms with Crippen LogP contribution in [0.2, 0.25) is 0 Å². The van der Waals surface area contributed by atoms with E-state index in [1.165, 1.54) is 109 Å². The maximum Gasteiger partial charge on any atom is 0.306 e. The lowest BCUT2D eigenvalue weighted by atomic mass is 10.0. The molecule has 0 N–H and O–H groups in total. The van der Waals surface area contributed by atoms with Gasteiger partial charge in [0.1, 0.15) is 13.2 Å². The molecule has 0 aromatic carbocycles. The molecule has 0 heterocycles. The van der Waals surface area contributed by atoms with Crippen molar-refractivity contribution in [3.63, 3.8) is 0 Å². The van der Waals surface area contributed by atoms with Gasteiger partial charge in [-0.3, -0.25) is 14.4 Å². The lowest BCUT2D eigenvalue weighted by molar-refractivity contribution is -0.167. The fourth-order valence-electron chi connectivity index (χ4n) is 7.00. The summed E-state index contributed by atoms with van der Waals surface area (Å²) in [7, 11) is 0. The van der Waals surface area contributed by atoms with E-state index in [1.807, 2.05) is 0 Å². The number of esters is 3. The number of ether oxygens (including phenoxy) is 3. The Bertz CT molecular complexity index is 1100. The Morgan fingerprint density at radius 1 is 0.350 bits per heavy atom. The molecule has 0 aromatic heterocycles. The standard InChI is InChI=1S/C54H94O6/c1-4-7-10-13-16-18-20-22-23-24-25-26-27-28-29-30-31-33-34-36-38-41-44-47-53(56)59-50-51(49-58-52(55)46-43-40-15-12-9-6-3)60-54(57)48-45-42-39-37-35-32-21-19-17-14-11-8-5-2/h7,10,16,18,22-23,25-26,28-29,51H,4-6,8-9,11-15,17,19-21,24,27,30-50H2,1-3H3/b10-7-,18-16-,23-22-,26-25-,29-28-. The summed E-state index contributed by atoms with van der Waals surface area (Å²) in [6, 6.07) is 0. The van der Waals surface area contributed by atoms with Crippen LogP contribution < -0.4 is 0 Å². The summed E-state index contributed by atoms with van der Waals surface area (Å²) in [5, 5.41) is 0. The number of unbranched alkanes of at least 4 members (excludes halogenated alkanes) is 24. The molecule has 6 nitrogen and oxygen atoms in total. The lowest BCUT2D eigenvalue weighted by Crippen LogP contribution is -2.30. The van der Waals surface area contributed by atoms with Crippen LogP contribution in [-0.2, 0) is 28.6 Å². The quantitative estimate of drug-likeness (QED) is 0.0263. The van der Waals surface area contributed by atoms with E-state index in [4.69, 9.17) is 14.2 Å². The highest BCUT2D eigenvalue weighted by Crippen LogP contribution is 2.15. The minimum absolute atomic E-state index is 0.0760. The molecule has 0 saturated heterocycles. The molecular weight excluding hydrogens is 745 g/mol. The molecule has 0 spiro atoms. The molecule has 0 fully saturated rings. The van der Waals surface area contributed by atoms with Crippen molar-refractivity contribution in [1.29, 1.82) is 0 Å². The highest BCUT2D eigenvalue weighted by atomic mass is 16.6. The van der Waals surface area contributed by atoms with Crippen molar-refractivity contribution < 1.29 is 28.6 Å². The average molecular weight is 839 g/mol. The number of hydrogen-bond acceptors (Lipinski definition) is 6. The summed E-state index contributed by atoms with van der Waals surface area (Å²) in [4.78, 5) is 37.7. The summed E-state index contributed by atoms with van der Waals surface area (Å²) >= 11 is 0. The fourth-order valence-corrected chi connectivity index (χ4v) is 7.00. The van der Waals surface area contributed by atoms with E-state index >= 15 is 0 Å². The van der Waals surface area contributed by atoms with E-state index in [0.29, 0.717) is 19.3 Å². The van der Waals surface area contributed by atoms with Crippen molar-refractivity contribution in [2.24, 2.45) is 0 Å². The van der Waals surface area contributed by atoms with Gasteiger partial charge in [-0.1, -0.05) is 223 Å². The maximum atomic E-state index is 12.7. The molecule has 0 saturated carbocycles. The Balaban J connectivity index is 4.19. The Morgan fingerprint density at radius 3 is 1.02 bits per heavy atom. The predicted octanol–water partition coefficient (Wildman–Crippen LogP) is 16.5. The van der Waals surface area contributed by atoms with Gasteiger partial charge in [-0.05, 0) is 64.2 Å². The average Bonchev–Trinajstić information content (AvgIpc) is 3.24. The maximum absolute atomic E-state index is 12.7. The molecule has 6 heteroatoms. The van der Waals surface area contributed by atoms with Gasteiger partial charge >= 0.3 is 17.9 Å². The van der Waals surface area contributed by atoms with E-state index in [-0.39, 0.29) is 31.1 Å². The van der Waals surface area contributed by atoms with Crippen molar-refractivity contribution in [1.82, 2.24) is 0 Å². The third-order valence-electron chi connectivity index (χ3n) is 10.8. The van der Waals surface area contributed by atoms with Crippen molar-refractivity contribution in [3.8, 4) is 0 Å². The fraction of sp³-hybridized carbons (Fsp3) is 0.759. The highest BCUT2D eigenvalue weighted by Gasteiger charge is 2.19. The van der Waals surface area contributed by atoms with Gasteiger partial charge in [0.05, 0.1) is 0 Å². The van der Waals surface area contributed by atoms with E-state index in [0.717, 1.165) is 96.3 Å². The molecule has 1 unspecified atom stereocenters. The summed E-state index contributed by atoms with van der Waals surface area (Å²) in [6.07, 6.45) is 59.4. The van der Waals surface area contributed by atoms with Crippen LogP contribution in [0.15, 0.2) is 60.8 Å². The van der Waals surface area contributed by atoms with E-state index in [9.17, 15) is 14.4 Å². The number of hydrogen-bond donors (Lipinski definition) is 0. The second-order valence-electron chi connectivity index (χ2n) is 16.7. The summed E-state index contributed by atoms with van der Waals surface area (Å²) < 4.78 is 16.7. The van der Waals surface area contributed by atoms with Gasteiger partial charge in [0.15, 0.2) is 6.10 Å². The van der Waals surface area contributed by atoms with Crippen LogP contribution in [0, 0.1) is 0 Å². The van der Waals surface area contributed by atoms with E-state index in [2.05, 4.69) is 81.5 Å². The Labute approximate surface area is 370 Å². The zero-order valence-corrected chi connectivity index (χ0v) is 39.5. The minimum Gasteiger partial charge on any atom is -0.462 e. The van der Waals surface area contributed by atoms with Gasteiger partial charge in [-0.2, -0.15) is 0 Å². The van der Waals surface area contributed by atoms with Crippen LogP contribution in [0.3, 0.4) is 0 Å². The topological polar surface area (TPSA) is 78.9 Å². The molecule has 0 aromatic rings. The number of allylic oxidation sites excluding steroid dienone is 10. The van der Waals surface area contributed by atoms with Gasteiger partial charge in [-0.15, -0.1) is 0 Å². The van der Waals surface area contributed by atoms with E-state index < -0.39 is 6.10 Å². The van der Waals surface area contributed by atoms with Crippen molar-refractivity contribution in [2.45, 2.75) is 252 Å². The molecule has 0 amide bonds. The van der Waals surface area contributed by atoms with Crippen LogP contribution in [0.5, 0.6) is 0 Å². The minimum atomic E-state index is -0.772. The first-order valence-electron chi connectivity index (χ1n) is 25.3. The smallest absolute Gasteiger partial charge is 0.306 e. The van der Waals surface area contributed by atoms with Crippen molar-refractivity contribution in [2.75, 3.05) is 13.2 Å². The molecule has 0 bridgehead atoms. The molecule has 0 aliphatic rings. The second-order valence-corrected chi connectivity index (χ2v) is 16.7. The highest BCUT2D eigenvalue weighted by molar-refractivity contribution is 5.71. The molecule has 346 valence electrons. The van der Waals surface area contributed by atoms with Gasteiger partial charge in [0.2, 0.25) is 0 Å². The van der Waals surface area contributed by atoms with Crippen LogP contribution >= 0.6 is 0 Å². The van der Waals surface area contributed by atoms with E-state index in [1.54, 1.807) is 0 Å². The number of carbonyl (C=O) groups excluding carboxylic acids is 3.